The van der Waals surface area contributed by atoms with Crippen LogP contribution >= 0.6 is 0 Å². The van der Waals surface area contributed by atoms with Crippen LogP contribution in [0.15, 0.2) is 54.6 Å². The summed E-state index contributed by atoms with van der Waals surface area (Å²) >= 11 is 0. The predicted octanol–water partition coefficient (Wildman–Crippen LogP) is 4.02. The molecule has 2 aliphatic rings. The molecule has 2 atom stereocenters. The highest BCUT2D eigenvalue weighted by molar-refractivity contribution is 5.82. The van der Waals surface area contributed by atoms with Gasteiger partial charge in [-0.15, -0.1) is 0 Å². The van der Waals surface area contributed by atoms with E-state index in [1.807, 2.05) is 49.4 Å². The molecule has 34 heavy (non-hydrogen) atoms. The molecule has 0 bridgehead atoms. The normalized spacial score (nSPS) is 22.1. The van der Waals surface area contributed by atoms with Crippen LogP contribution in [0.1, 0.15) is 45.1 Å². The van der Waals surface area contributed by atoms with E-state index in [-0.39, 0.29) is 11.9 Å². The minimum absolute atomic E-state index is 0.0343. The first kappa shape index (κ1) is 24.7. The van der Waals surface area contributed by atoms with Gasteiger partial charge >= 0.3 is 0 Å². The zero-order valence-electron chi connectivity index (χ0n) is 20.7. The van der Waals surface area contributed by atoms with E-state index in [1.54, 1.807) is 0 Å². The number of ether oxygens (including phenoxy) is 1. The van der Waals surface area contributed by atoms with Crippen LogP contribution in [0.25, 0.3) is 0 Å². The van der Waals surface area contributed by atoms with Gasteiger partial charge in [0.2, 0.25) is 5.91 Å². The van der Waals surface area contributed by atoms with Gasteiger partial charge in [-0.05, 0) is 82.1 Å². The number of carbonyl (C=O) groups is 1. The van der Waals surface area contributed by atoms with Gasteiger partial charge in [0.05, 0.1) is 6.04 Å². The molecule has 2 saturated heterocycles. The summed E-state index contributed by atoms with van der Waals surface area (Å²) in [5.41, 5.74) is 1.19. The molecule has 2 aromatic carbocycles. The van der Waals surface area contributed by atoms with Crippen molar-refractivity contribution in [3.63, 3.8) is 0 Å². The molecule has 0 aromatic heterocycles. The van der Waals surface area contributed by atoms with Crippen molar-refractivity contribution in [3.05, 3.63) is 60.2 Å². The lowest BCUT2D eigenvalue weighted by molar-refractivity contribution is -0.126. The standard InChI is InChI=1S/C28H40N4O2/c1-3-15-31-16-13-24(14-17-31)32-21-23(19-27(32)28(33)29-4-2)30-20-22-9-8-12-26(18-22)34-25-10-6-5-7-11-25/h5-12,18,23-24,27,30H,3-4,13-17,19-21H2,1-2H3,(H,29,33)/t23-,27-/m0/s1. The number of para-hydroxylation sites is 1. The lowest BCUT2D eigenvalue weighted by Crippen LogP contribution is -2.51. The summed E-state index contributed by atoms with van der Waals surface area (Å²) in [5, 5.41) is 6.80. The number of nitrogens with one attached hydrogen (secondary N) is 2. The number of hydrogen-bond acceptors (Lipinski definition) is 5. The van der Waals surface area contributed by atoms with Crippen molar-refractivity contribution in [2.45, 2.75) is 64.2 Å². The molecule has 0 unspecified atom stereocenters. The summed E-state index contributed by atoms with van der Waals surface area (Å²) in [6.45, 7) is 10.1. The lowest BCUT2D eigenvalue weighted by atomic mass is 10.0. The first-order valence-corrected chi connectivity index (χ1v) is 13.0. The van der Waals surface area contributed by atoms with E-state index in [2.05, 4.69) is 39.5 Å². The molecule has 6 nitrogen and oxygen atoms in total. The van der Waals surface area contributed by atoms with E-state index in [4.69, 9.17) is 4.74 Å². The van der Waals surface area contributed by atoms with E-state index < -0.39 is 0 Å². The van der Waals surface area contributed by atoms with E-state index in [9.17, 15) is 4.79 Å². The Hall–Kier alpha value is -2.41. The van der Waals surface area contributed by atoms with Gasteiger partial charge in [0.25, 0.3) is 0 Å². The molecule has 0 aliphatic carbocycles. The molecule has 0 saturated carbocycles. The van der Waals surface area contributed by atoms with Crippen molar-refractivity contribution in [3.8, 4) is 11.5 Å². The third-order valence-corrected chi connectivity index (χ3v) is 7.03. The maximum atomic E-state index is 12.9. The number of likely N-dealkylation sites (tertiary alicyclic amines) is 2. The molecule has 2 aromatic rings. The third-order valence-electron chi connectivity index (χ3n) is 7.03. The lowest BCUT2D eigenvalue weighted by Gasteiger charge is -2.38. The van der Waals surface area contributed by atoms with Crippen LogP contribution in [0.5, 0.6) is 11.5 Å². The maximum Gasteiger partial charge on any atom is 0.237 e. The summed E-state index contributed by atoms with van der Waals surface area (Å²) in [6, 6.07) is 18.9. The van der Waals surface area contributed by atoms with Crippen LogP contribution in [0.4, 0.5) is 0 Å². The Labute approximate surface area is 204 Å². The van der Waals surface area contributed by atoms with Gasteiger partial charge in [0.15, 0.2) is 0 Å². The highest BCUT2D eigenvalue weighted by Crippen LogP contribution is 2.27. The van der Waals surface area contributed by atoms with Crippen LogP contribution in [-0.2, 0) is 11.3 Å². The molecule has 2 N–H and O–H groups in total. The fourth-order valence-electron chi connectivity index (χ4n) is 5.36. The summed E-state index contributed by atoms with van der Waals surface area (Å²) in [7, 11) is 0. The van der Waals surface area contributed by atoms with Crippen LogP contribution in [0.2, 0.25) is 0 Å². The van der Waals surface area contributed by atoms with Gasteiger partial charge in [-0.2, -0.15) is 0 Å². The van der Waals surface area contributed by atoms with Gasteiger partial charge in [0.1, 0.15) is 11.5 Å². The number of carbonyl (C=O) groups excluding carboxylic acids is 1. The molecule has 0 spiro atoms. The largest absolute Gasteiger partial charge is 0.457 e. The van der Waals surface area contributed by atoms with Crippen molar-refractivity contribution in [1.29, 1.82) is 0 Å². The Kier molecular flexibility index (Phi) is 8.97. The number of rotatable bonds is 10. The smallest absolute Gasteiger partial charge is 0.237 e. The van der Waals surface area contributed by atoms with Gasteiger partial charge < -0.3 is 20.3 Å². The van der Waals surface area contributed by atoms with E-state index in [0.717, 1.165) is 56.9 Å². The van der Waals surface area contributed by atoms with Crippen LogP contribution in [0.3, 0.4) is 0 Å². The molecule has 0 radical (unpaired) electrons. The zero-order chi connectivity index (χ0) is 23.8. The second-order valence-corrected chi connectivity index (χ2v) is 9.56. The second kappa shape index (κ2) is 12.3. The average Bonchev–Trinajstić information content (AvgIpc) is 3.29. The molecular weight excluding hydrogens is 424 g/mol. The molecule has 2 heterocycles. The molecule has 2 aliphatic heterocycles. The Bertz CT molecular complexity index is 898. The molecule has 6 heteroatoms. The van der Waals surface area contributed by atoms with Crippen molar-refractivity contribution >= 4 is 5.91 Å². The van der Waals surface area contributed by atoms with Gasteiger partial charge in [-0.3, -0.25) is 9.69 Å². The number of piperidine rings is 1. The SMILES string of the molecule is CCCN1CCC(N2C[C@@H](NCc3cccc(Oc4ccccc4)c3)C[C@H]2C(=O)NCC)CC1. The topological polar surface area (TPSA) is 56.8 Å². The molecule has 184 valence electrons. The van der Waals surface area contributed by atoms with Crippen molar-refractivity contribution < 1.29 is 9.53 Å². The highest BCUT2D eigenvalue weighted by atomic mass is 16.5. The molecular formula is C28H40N4O2. The quantitative estimate of drug-likeness (QED) is 0.556. The fraction of sp³-hybridized carbons (Fsp3) is 0.536. The molecule has 2 fully saturated rings. The number of benzene rings is 2. The monoisotopic (exact) mass is 464 g/mol. The zero-order valence-corrected chi connectivity index (χ0v) is 20.7. The second-order valence-electron chi connectivity index (χ2n) is 9.56. The first-order valence-electron chi connectivity index (χ1n) is 13.0. The Morgan fingerprint density at radius 3 is 2.53 bits per heavy atom. The highest BCUT2D eigenvalue weighted by Gasteiger charge is 2.40. The predicted molar refractivity (Wildman–Crippen MR) is 137 cm³/mol. The Morgan fingerprint density at radius 2 is 1.79 bits per heavy atom. The molecule has 1 amide bonds. The third kappa shape index (κ3) is 6.59. The first-order chi connectivity index (χ1) is 16.7. The van der Waals surface area contributed by atoms with Crippen LogP contribution < -0.4 is 15.4 Å². The number of amides is 1. The summed E-state index contributed by atoms with van der Waals surface area (Å²) in [6.07, 6.45) is 4.38. The number of hydrogen-bond donors (Lipinski definition) is 2. The Balaban J connectivity index is 1.35. The van der Waals surface area contributed by atoms with Gasteiger partial charge in [-0.1, -0.05) is 37.3 Å². The summed E-state index contributed by atoms with van der Waals surface area (Å²) in [4.78, 5) is 17.9. The van der Waals surface area contributed by atoms with E-state index >= 15 is 0 Å². The average molecular weight is 465 g/mol. The fourth-order valence-corrected chi connectivity index (χ4v) is 5.36. The van der Waals surface area contributed by atoms with Crippen molar-refractivity contribution in [2.75, 3.05) is 32.7 Å². The Morgan fingerprint density at radius 1 is 1.03 bits per heavy atom. The van der Waals surface area contributed by atoms with Crippen LogP contribution in [-0.4, -0.2) is 66.6 Å². The van der Waals surface area contributed by atoms with Gasteiger partial charge in [0, 0.05) is 31.7 Å². The minimum Gasteiger partial charge on any atom is -0.457 e. The van der Waals surface area contributed by atoms with Crippen LogP contribution in [0, 0.1) is 0 Å². The minimum atomic E-state index is -0.0343. The summed E-state index contributed by atoms with van der Waals surface area (Å²) < 4.78 is 6.00. The number of nitrogens with zero attached hydrogens (tertiary/aromatic N) is 2. The molecule has 4 rings (SSSR count). The van der Waals surface area contributed by atoms with Crippen molar-refractivity contribution in [1.82, 2.24) is 20.4 Å². The van der Waals surface area contributed by atoms with E-state index in [1.165, 1.54) is 18.5 Å². The maximum absolute atomic E-state index is 12.9. The van der Waals surface area contributed by atoms with Crippen molar-refractivity contribution in [2.24, 2.45) is 0 Å². The number of likely N-dealkylation sites (N-methyl/N-ethyl adjacent to an activating group) is 1. The summed E-state index contributed by atoms with van der Waals surface area (Å²) in [5.74, 6) is 1.87. The van der Waals surface area contributed by atoms with E-state index in [0.29, 0.717) is 18.6 Å². The van der Waals surface area contributed by atoms with Gasteiger partial charge in [-0.25, -0.2) is 0 Å².